The first-order valence-corrected chi connectivity index (χ1v) is 8.37. The van der Waals surface area contributed by atoms with Crippen molar-refractivity contribution in [3.05, 3.63) is 53.5 Å². The van der Waals surface area contributed by atoms with Crippen LogP contribution in [0.2, 0.25) is 0 Å². The van der Waals surface area contributed by atoms with Crippen LogP contribution in [0.15, 0.2) is 30.5 Å². The molecule has 1 amide bonds. The van der Waals surface area contributed by atoms with Crippen molar-refractivity contribution in [2.75, 3.05) is 42.9 Å². The van der Waals surface area contributed by atoms with Crippen molar-refractivity contribution in [2.24, 2.45) is 0 Å². The fourth-order valence-corrected chi connectivity index (χ4v) is 2.82. The Morgan fingerprint density at radius 2 is 1.81 bits per heavy atom. The highest BCUT2D eigenvalue weighted by Crippen LogP contribution is 2.21. The second kappa shape index (κ2) is 7.74. The predicted octanol–water partition coefficient (Wildman–Crippen LogP) is 2.89. The van der Waals surface area contributed by atoms with E-state index in [1.165, 1.54) is 6.20 Å². The monoisotopic (exact) mass is 364 g/mol. The van der Waals surface area contributed by atoms with Gasteiger partial charge in [-0.3, -0.25) is 4.79 Å². The van der Waals surface area contributed by atoms with E-state index in [1.807, 2.05) is 0 Å². The molecule has 0 bridgehead atoms. The molecule has 0 radical (unpaired) electrons. The van der Waals surface area contributed by atoms with Crippen molar-refractivity contribution in [2.45, 2.75) is 6.92 Å². The summed E-state index contributed by atoms with van der Waals surface area (Å²) in [5.74, 6) is -4.25. The first-order chi connectivity index (χ1) is 12.5. The third-order valence-electron chi connectivity index (χ3n) is 4.44. The molecular weight excluding hydrogens is 345 g/mol. The molecule has 2 heterocycles. The number of nitrogens with zero attached hydrogens (tertiary/aromatic N) is 3. The second-order valence-corrected chi connectivity index (χ2v) is 6.00. The van der Waals surface area contributed by atoms with Crippen LogP contribution in [0.4, 0.5) is 24.7 Å². The molecule has 0 atom stereocenters. The van der Waals surface area contributed by atoms with Crippen LogP contribution in [0.3, 0.4) is 0 Å². The number of carbonyl (C=O) groups is 1. The average Bonchev–Trinajstić information content (AvgIpc) is 2.68. The molecule has 1 aliphatic rings. The van der Waals surface area contributed by atoms with Gasteiger partial charge in [-0.05, 0) is 30.8 Å². The minimum absolute atomic E-state index is 0.199. The van der Waals surface area contributed by atoms with Gasteiger partial charge in [0.15, 0.2) is 17.5 Å². The van der Waals surface area contributed by atoms with Gasteiger partial charge in [0.2, 0.25) is 0 Å². The molecule has 1 aromatic heterocycles. The van der Waals surface area contributed by atoms with Gasteiger partial charge in [-0.25, -0.2) is 18.2 Å². The molecule has 1 saturated heterocycles. The van der Waals surface area contributed by atoms with Crippen molar-refractivity contribution in [3.63, 3.8) is 0 Å². The summed E-state index contributed by atoms with van der Waals surface area (Å²) < 4.78 is 39.8. The Labute approximate surface area is 149 Å². The van der Waals surface area contributed by atoms with Crippen molar-refractivity contribution in [1.29, 1.82) is 0 Å². The van der Waals surface area contributed by atoms with Crippen LogP contribution in [0, 0.1) is 17.5 Å². The lowest BCUT2D eigenvalue weighted by Gasteiger charge is -2.34. The maximum atomic E-state index is 13.7. The maximum absolute atomic E-state index is 13.7. The van der Waals surface area contributed by atoms with Crippen LogP contribution in [-0.4, -0.2) is 48.5 Å². The van der Waals surface area contributed by atoms with E-state index >= 15 is 0 Å². The fraction of sp³-hybridized carbons (Fsp3) is 0.333. The van der Waals surface area contributed by atoms with E-state index in [9.17, 15) is 18.0 Å². The number of amides is 1. The van der Waals surface area contributed by atoms with E-state index in [-0.39, 0.29) is 5.56 Å². The van der Waals surface area contributed by atoms with Gasteiger partial charge >= 0.3 is 0 Å². The Morgan fingerprint density at radius 1 is 1.08 bits per heavy atom. The Kier molecular flexibility index (Phi) is 5.41. The number of halogens is 3. The summed E-state index contributed by atoms with van der Waals surface area (Å²) in [6, 6.07) is 5.02. The molecule has 0 saturated carbocycles. The summed E-state index contributed by atoms with van der Waals surface area (Å²) >= 11 is 0. The van der Waals surface area contributed by atoms with Gasteiger partial charge < -0.3 is 15.1 Å². The number of pyridine rings is 1. The molecule has 1 aromatic carbocycles. The van der Waals surface area contributed by atoms with Crippen LogP contribution < -0.4 is 10.2 Å². The van der Waals surface area contributed by atoms with Gasteiger partial charge in [0.1, 0.15) is 5.82 Å². The molecule has 2 aromatic rings. The molecule has 1 N–H and O–H groups in total. The van der Waals surface area contributed by atoms with Crippen molar-refractivity contribution in [1.82, 2.24) is 9.88 Å². The Bertz CT molecular complexity index is 790. The maximum Gasteiger partial charge on any atom is 0.257 e. The van der Waals surface area contributed by atoms with Gasteiger partial charge in [-0.1, -0.05) is 6.92 Å². The zero-order valence-corrected chi connectivity index (χ0v) is 14.3. The van der Waals surface area contributed by atoms with Crippen LogP contribution in [0.1, 0.15) is 17.3 Å². The van der Waals surface area contributed by atoms with E-state index in [1.54, 1.807) is 12.1 Å². The highest BCUT2D eigenvalue weighted by atomic mass is 19.2. The van der Waals surface area contributed by atoms with Gasteiger partial charge in [-0.15, -0.1) is 0 Å². The molecule has 0 aliphatic carbocycles. The highest BCUT2D eigenvalue weighted by Gasteiger charge is 2.18. The standard InChI is InChI=1S/C18H19F3N4O/c1-2-24-7-9-25(10-8-24)15-6-3-12(11-22-15)18(26)23-14-5-4-13(19)16(20)17(14)21/h3-6,11H,2,7-10H2,1H3,(H,23,26). The molecule has 5 nitrogen and oxygen atoms in total. The molecule has 3 rings (SSSR count). The first kappa shape index (κ1) is 18.2. The largest absolute Gasteiger partial charge is 0.354 e. The second-order valence-electron chi connectivity index (χ2n) is 6.00. The Morgan fingerprint density at radius 3 is 2.42 bits per heavy atom. The van der Waals surface area contributed by atoms with Gasteiger partial charge in [-0.2, -0.15) is 0 Å². The van der Waals surface area contributed by atoms with Crippen LogP contribution in [-0.2, 0) is 0 Å². The topological polar surface area (TPSA) is 48.5 Å². The number of hydrogen-bond acceptors (Lipinski definition) is 4. The minimum atomic E-state index is -1.62. The summed E-state index contributed by atoms with van der Waals surface area (Å²) in [5.41, 5.74) is -0.223. The normalized spacial score (nSPS) is 15.2. The third-order valence-corrected chi connectivity index (χ3v) is 4.44. The number of anilines is 2. The summed E-state index contributed by atoms with van der Waals surface area (Å²) in [4.78, 5) is 20.9. The van der Waals surface area contributed by atoms with Crippen molar-refractivity contribution >= 4 is 17.4 Å². The highest BCUT2D eigenvalue weighted by molar-refractivity contribution is 6.04. The van der Waals surface area contributed by atoms with E-state index in [0.717, 1.165) is 50.7 Å². The lowest BCUT2D eigenvalue weighted by molar-refractivity contribution is 0.102. The lowest BCUT2D eigenvalue weighted by Crippen LogP contribution is -2.46. The van der Waals surface area contributed by atoms with Crippen molar-refractivity contribution < 1.29 is 18.0 Å². The number of piperazine rings is 1. The summed E-state index contributed by atoms with van der Waals surface area (Å²) in [6.45, 7) is 6.75. The van der Waals surface area contributed by atoms with E-state index in [4.69, 9.17) is 0 Å². The summed E-state index contributed by atoms with van der Waals surface area (Å²) in [6.07, 6.45) is 1.38. The quantitative estimate of drug-likeness (QED) is 0.848. The van der Waals surface area contributed by atoms with E-state index < -0.39 is 29.0 Å². The van der Waals surface area contributed by atoms with Crippen molar-refractivity contribution in [3.8, 4) is 0 Å². The number of likely N-dealkylation sites (N-methyl/N-ethyl adjacent to an activating group) is 1. The third kappa shape index (κ3) is 3.80. The van der Waals surface area contributed by atoms with Crippen LogP contribution in [0.5, 0.6) is 0 Å². The number of nitrogens with one attached hydrogen (secondary N) is 1. The van der Waals surface area contributed by atoms with Gasteiger partial charge in [0, 0.05) is 32.4 Å². The molecule has 26 heavy (non-hydrogen) atoms. The fourth-order valence-electron chi connectivity index (χ4n) is 2.82. The summed E-state index contributed by atoms with van der Waals surface area (Å²) in [7, 11) is 0. The zero-order chi connectivity index (χ0) is 18.7. The molecular formula is C18H19F3N4O. The molecule has 138 valence electrons. The number of hydrogen-bond donors (Lipinski definition) is 1. The predicted molar refractivity (Wildman–Crippen MR) is 92.8 cm³/mol. The Hall–Kier alpha value is -2.61. The lowest BCUT2D eigenvalue weighted by atomic mass is 10.2. The molecule has 8 heteroatoms. The average molecular weight is 364 g/mol. The molecule has 0 spiro atoms. The number of carbonyl (C=O) groups excluding carboxylic acids is 1. The Balaban J connectivity index is 1.67. The zero-order valence-electron chi connectivity index (χ0n) is 14.3. The SMILES string of the molecule is CCN1CCN(c2ccc(C(=O)Nc3ccc(F)c(F)c3F)cn2)CC1. The van der Waals surface area contributed by atoms with Gasteiger partial charge in [0.25, 0.3) is 5.91 Å². The molecule has 1 aliphatic heterocycles. The minimum Gasteiger partial charge on any atom is -0.354 e. The summed E-state index contributed by atoms with van der Waals surface area (Å²) in [5, 5.41) is 2.23. The number of aromatic nitrogens is 1. The van der Waals surface area contributed by atoms with E-state index in [2.05, 4.69) is 27.0 Å². The van der Waals surface area contributed by atoms with Gasteiger partial charge in [0.05, 0.1) is 11.3 Å². The van der Waals surface area contributed by atoms with Crippen LogP contribution >= 0.6 is 0 Å². The smallest absolute Gasteiger partial charge is 0.257 e. The molecule has 1 fully saturated rings. The number of rotatable bonds is 4. The number of benzene rings is 1. The van der Waals surface area contributed by atoms with E-state index in [0.29, 0.717) is 0 Å². The first-order valence-electron chi connectivity index (χ1n) is 8.37. The van der Waals surface area contributed by atoms with Crippen LogP contribution in [0.25, 0.3) is 0 Å². The molecule has 0 unspecified atom stereocenters.